The summed E-state index contributed by atoms with van der Waals surface area (Å²) in [6.45, 7) is 2.88. The zero-order chi connectivity index (χ0) is 11.7. The summed E-state index contributed by atoms with van der Waals surface area (Å²) in [7, 11) is 0. The van der Waals surface area contributed by atoms with E-state index in [1.165, 1.54) is 0 Å². The van der Waals surface area contributed by atoms with E-state index in [0.29, 0.717) is 0 Å². The van der Waals surface area contributed by atoms with Crippen molar-refractivity contribution in [1.82, 2.24) is 0 Å². The van der Waals surface area contributed by atoms with Crippen LogP contribution < -0.4 is 5.73 Å². The molecule has 0 aromatic carbocycles. The Kier molecular flexibility index (Phi) is 9.20. The first-order chi connectivity index (χ1) is 6.38. The van der Waals surface area contributed by atoms with Crippen molar-refractivity contribution in [2.75, 3.05) is 6.54 Å². The maximum atomic E-state index is 9.77. The zero-order valence-corrected chi connectivity index (χ0v) is 7.75. The molecule has 0 unspecified atom stereocenters. The molecule has 0 bridgehead atoms. The Bertz CT molecular complexity index is 163. The fourth-order valence-electron chi connectivity index (χ4n) is 0.270. The lowest BCUT2D eigenvalue weighted by Gasteiger charge is -2.07. The summed E-state index contributed by atoms with van der Waals surface area (Å²) in [5, 5.41) is 32.5. The number of carboxylic acids is 2. The van der Waals surface area contributed by atoms with Crippen LogP contribution in [0.2, 0.25) is 0 Å². The van der Waals surface area contributed by atoms with E-state index in [9.17, 15) is 9.59 Å². The molecule has 0 aromatic rings. The maximum Gasteiger partial charge on any atom is 0.335 e. The van der Waals surface area contributed by atoms with Gasteiger partial charge in [0.2, 0.25) is 0 Å². The molecule has 0 heterocycles. The summed E-state index contributed by atoms with van der Waals surface area (Å²) < 4.78 is 0. The highest BCUT2D eigenvalue weighted by molar-refractivity contribution is 5.82. The molecule has 0 aromatic heterocycles. The van der Waals surface area contributed by atoms with Gasteiger partial charge in [0.15, 0.2) is 12.2 Å². The summed E-state index contributed by atoms with van der Waals surface area (Å²) in [6.07, 6.45) is -3.44. The molecule has 84 valence electrons. The minimum Gasteiger partial charge on any atom is -0.479 e. The number of carboxylic acid groups (broad SMARTS) is 2. The Balaban J connectivity index is 0. The molecule has 0 saturated heterocycles. The normalized spacial score (nSPS) is 13.4. The number of carbonyl (C=O) groups is 2. The van der Waals surface area contributed by atoms with Crippen molar-refractivity contribution < 1.29 is 30.0 Å². The van der Waals surface area contributed by atoms with Gasteiger partial charge in [0, 0.05) is 0 Å². The quantitative estimate of drug-likeness (QED) is 0.369. The van der Waals surface area contributed by atoms with E-state index in [1.54, 1.807) is 0 Å². The molecule has 0 spiro atoms. The van der Waals surface area contributed by atoms with Gasteiger partial charge < -0.3 is 26.2 Å². The minimum atomic E-state index is -2.27. The van der Waals surface area contributed by atoms with E-state index < -0.39 is 24.1 Å². The van der Waals surface area contributed by atoms with Crippen LogP contribution in [-0.2, 0) is 9.59 Å². The van der Waals surface area contributed by atoms with Crippen LogP contribution in [0.15, 0.2) is 0 Å². The smallest absolute Gasteiger partial charge is 0.335 e. The SMILES string of the molecule is CCCN.O=C(O)[C@@H](O)[C@H](O)C(=O)O. The van der Waals surface area contributed by atoms with Crippen LogP contribution in [0.25, 0.3) is 0 Å². The highest BCUT2D eigenvalue weighted by Crippen LogP contribution is 1.92. The topological polar surface area (TPSA) is 141 Å². The van der Waals surface area contributed by atoms with Crippen LogP contribution in [0.1, 0.15) is 13.3 Å². The molecule has 0 fully saturated rings. The van der Waals surface area contributed by atoms with Crippen molar-refractivity contribution in [2.45, 2.75) is 25.6 Å². The number of aliphatic hydroxyl groups excluding tert-OH is 2. The van der Waals surface area contributed by atoms with E-state index in [4.69, 9.17) is 26.2 Å². The van der Waals surface area contributed by atoms with Gasteiger partial charge in [-0.3, -0.25) is 0 Å². The van der Waals surface area contributed by atoms with Gasteiger partial charge in [-0.15, -0.1) is 0 Å². The molecule has 14 heavy (non-hydrogen) atoms. The standard InChI is InChI=1S/C4H6O6.C3H9N/c5-1(3(7)8)2(6)4(9)10;1-2-3-4/h1-2,5-6H,(H,7,8)(H,9,10);2-4H2,1H3/t1-,2-;/m0./s1. The predicted molar refractivity (Wildman–Crippen MR) is 46.6 cm³/mol. The van der Waals surface area contributed by atoms with Crippen LogP contribution >= 0.6 is 0 Å². The third-order valence-electron chi connectivity index (χ3n) is 1.09. The second kappa shape index (κ2) is 8.42. The first-order valence-electron chi connectivity index (χ1n) is 3.90. The van der Waals surface area contributed by atoms with Crippen LogP contribution in [0.4, 0.5) is 0 Å². The van der Waals surface area contributed by atoms with Crippen LogP contribution in [-0.4, -0.2) is 51.1 Å². The van der Waals surface area contributed by atoms with Crippen molar-refractivity contribution in [1.29, 1.82) is 0 Å². The van der Waals surface area contributed by atoms with E-state index in [2.05, 4.69) is 6.92 Å². The van der Waals surface area contributed by atoms with Gasteiger partial charge in [-0.05, 0) is 13.0 Å². The lowest BCUT2D eigenvalue weighted by molar-refractivity contribution is -0.165. The second-order valence-corrected chi connectivity index (χ2v) is 2.35. The molecule has 0 amide bonds. The lowest BCUT2D eigenvalue weighted by atomic mass is 10.2. The monoisotopic (exact) mass is 209 g/mol. The average molecular weight is 209 g/mol. The molecule has 2 atom stereocenters. The third kappa shape index (κ3) is 7.47. The van der Waals surface area contributed by atoms with E-state index in [1.807, 2.05) is 0 Å². The third-order valence-corrected chi connectivity index (χ3v) is 1.09. The summed E-state index contributed by atoms with van der Waals surface area (Å²) in [5.74, 6) is -3.54. The van der Waals surface area contributed by atoms with Crippen molar-refractivity contribution in [3.05, 3.63) is 0 Å². The van der Waals surface area contributed by atoms with Gasteiger partial charge in [0.25, 0.3) is 0 Å². The number of hydrogen-bond donors (Lipinski definition) is 5. The van der Waals surface area contributed by atoms with Crippen molar-refractivity contribution in [3.8, 4) is 0 Å². The Morgan fingerprint density at radius 1 is 1.14 bits per heavy atom. The number of hydrogen-bond acceptors (Lipinski definition) is 5. The van der Waals surface area contributed by atoms with Crippen LogP contribution in [0, 0.1) is 0 Å². The molecule has 0 rings (SSSR count). The summed E-state index contributed by atoms with van der Waals surface area (Å²) in [4.78, 5) is 19.5. The summed E-state index contributed by atoms with van der Waals surface area (Å²) >= 11 is 0. The molecule has 7 nitrogen and oxygen atoms in total. The second-order valence-electron chi connectivity index (χ2n) is 2.35. The van der Waals surface area contributed by atoms with Crippen molar-refractivity contribution in [3.63, 3.8) is 0 Å². The molecule has 0 saturated carbocycles. The molecular formula is C7H15NO6. The number of nitrogens with two attached hydrogens (primary N) is 1. The molecule has 0 aliphatic heterocycles. The summed E-state index contributed by atoms with van der Waals surface area (Å²) in [5.41, 5.74) is 5.03. The fraction of sp³-hybridized carbons (Fsp3) is 0.714. The molecule has 6 N–H and O–H groups in total. The minimum absolute atomic E-state index is 0.819. The van der Waals surface area contributed by atoms with E-state index in [-0.39, 0.29) is 0 Å². The predicted octanol–water partition coefficient (Wildman–Crippen LogP) is -1.77. The van der Waals surface area contributed by atoms with Gasteiger partial charge in [-0.25, -0.2) is 9.59 Å². The summed E-state index contributed by atoms with van der Waals surface area (Å²) in [6, 6.07) is 0. The van der Waals surface area contributed by atoms with E-state index in [0.717, 1.165) is 13.0 Å². The average Bonchev–Trinajstić information content (AvgIpc) is 2.15. The molecule has 0 aliphatic rings. The van der Waals surface area contributed by atoms with Crippen LogP contribution in [0.5, 0.6) is 0 Å². The zero-order valence-electron chi connectivity index (χ0n) is 7.75. The first-order valence-corrected chi connectivity index (χ1v) is 3.90. The van der Waals surface area contributed by atoms with E-state index >= 15 is 0 Å². The Hall–Kier alpha value is -1.18. The number of aliphatic carboxylic acids is 2. The highest BCUT2D eigenvalue weighted by Gasteiger charge is 2.29. The number of aliphatic hydroxyl groups is 2. The van der Waals surface area contributed by atoms with Gasteiger partial charge in [0.05, 0.1) is 0 Å². The Morgan fingerprint density at radius 2 is 1.36 bits per heavy atom. The Morgan fingerprint density at radius 3 is 1.43 bits per heavy atom. The van der Waals surface area contributed by atoms with Crippen molar-refractivity contribution >= 4 is 11.9 Å². The molecule has 7 heteroatoms. The largest absolute Gasteiger partial charge is 0.479 e. The van der Waals surface area contributed by atoms with Crippen molar-refractivity contribution in [2.24, 2.45) is 5.73 Å². The Labute approximate surface area is 80.8 Å². The fourth-order valence-corrected chi connectivity index (χ4v) is 0.270. The molecule has 0 aliphatic carbocycles. The first kappa shape index (κ1) is 15.3. The molecular weight excluding hydrogens is 194 g/mol. The van der Waals surface area contributed by atoms with Gasteiger partial charge in [-0.1, -0.05) is 6.92 Å². The van der Waals surface area contributed by atoms with Gasteiger partial charge in [-0.2, -0.15) is 0 Å². The van der Waals surface area contributed by atoms with Gasteiger partial charge >= 0.3 is 11.9 Å². The number of rotatable bonds is 4. The van der Waals surface area contributed by atoms with Gasteiger partial charge in [0.1, 0.15) is 0 Å². The highest BCUT2D eigenvalue weighted by atomic mass is 16.4. The van der Waals surface area contributed by atoms with Crippen LogP contribution in [0.3, 0.4) is 0 Å². The molecule has 0 radical (unpaired) electrons. The maximum absolute atomic E-state index is 9.77. The lowest BCUT2D eigenvalue weighted by Crippen LogP contribution is -2.39.